The Hall–Kier alpha value is -1.25. The molecule has 1 aliphatic carbocycles. The van der Waals surface area contributed by atoms with Crippen molar-refractivity contribution in [1.82, 2.24) is 4.98 Å². The van der Waals surface area contributed by atoms with Crippen molar-refractivity contribution in [3.8, 4) is 0 Å². The van der Waals surface area contributed by atoms with E-state index < -0.39 is 5.83 Å². The summed E-state index contributed by atoms with van der Waals surface area (Å²) in [7, 11) is 0. The van der Waals surface area contributed by atoms with Gasteiger partial charge in [0, 0.05) is 23.4 Å². The molecule has 0 aliphatic heterocycles. The smallest absolute Gasteiger partial charge is 0.169 e. The highest BCUT2D eigenvalue weighted by molar-refractivity contribution is 5.65. The summed E-state index contributed by atoms with van der Waals surface area (Å²) in [4.78, 5) is 3.06. The third-order valence-corrected chi connectivity index (χ3v) is 2.14. The Bertz CT molecular complexity index is 351. The Morgan fingerprint density at radius 1 is 1.50 bits per heavy atom. The largest absolute Gasteiger partial charge is 0.509 e. The summed E-state index contributed by atoms with van der Waals surface area (Å²) in [5.41, 5.74) is 2.35. The lowest BCUT2D eigenvalue weighted by molar-refractivity contribution is 0.376. The number of hydrogen-bond donors (Lipinski definition) is 2. The summed E-state index contributed by atoms with van der Waals surface area (Å²) in [5, 5.41) is 9.12. The SMILES string of the molecule is Cc1cc2c([nH]1)CCC(O)=C2F. The quantitative estimate of drug-likeness (QED) is 0.611. The van der Waals surface area contributed by atoms with Crippen molar-refractivity contribution in [2.45, 2.75) is 19.8 Å². The fraction of sp³-hybridized carbons (Fsp3) is 0.333. The number of H-pyrrole nitrogens is 1. The Morgan fingerprint density at radius 2 is 2.25 bits per heavy atom. The number of aliphatic hydroxyl groups excluding tert-OH is 1. The lowest BCUT2D eigenvalue weighted by atomic mass is 10.0. The van der Waals surface area contributed by atoms with E-state index in [0.29, 0.717) is 18.4 Å². The van der Waals surface area contributed by atoms with Crippen molar-refractivity contribution >= 4 is 5.83 Å². The van der Waals surface area contributed by atoms with E-state index in [-0.39, 0.29) is 5.76 Å². The number of rotatable bonds is 0. The molecule has 3 heteroatoms. The van der Waals surface area contributed by atoms with Crippen molar-refractivity contribution in [3.63, 3.8) is 0 Å². The minimum atomic E-state index is -0.472. The zero-order valence-electron chi connectivity index (χ0n) is 6.82. The molecule has 12 heavy (non-hydrogen) atoms. The van der Waals surface area contributed by atoms with Crippen LogP contribution in [-0.2, 0) is 6.42 Å². The summed E-state index contributed by atoms with van der Waals surface area (Å²) >= 11 is 0. The molecule has 0 amide bonds. The lowest BCUT2D eigenvalue weighted by Gasteiger charge is -2.09. The van der Waals surface area contributed by atoms with Crippen LogP contribution < -0.4 is 0 Å². The molecule has 0 atom stereocenters. The maximum absolute atomic E-state index is 13.2. The van der Waals surface area contributed by atoms with Gasteiger partial charge in [-0.3, -0.25) is 0 Å². The fourth-order valence-electron chi connectivity index (χ4n) is 1.55. The predicted molar refractivity (Wildman–Crippen MR) is 44.5 cm³/mol. The van der Waals surface area contributed by atoms with Crippen LogP contribution in [0.2, 0.25) is 0 Å². The summed E-state index contributed by atoms with van der Waals surface area (Å²) in [5.74, 6) is -0.595. The standard InChI is InChI=1S/C9H10FNO/c1-5-4-6-7(11-5)2-3-8(12)9(6)10/h4,11-12H,2-3H2,1H3. The normalized spacial score (nSPS) is 16.5. The molecular formula is C9H10FNO. The Kier molecular flexibility index (Phi) is 1.46. The minimum absolute atomic E-state index is 0.124. The van der Waals surface area contributed by atoms with Gasteiger partial charge in [-0.05, 0) is 19.4 Å². The van der Waals surface area contributed by atoms with E-state index in [1.165, 1.54) is 0 Å². The molecule has 2 nitrogen and oxygen atoms in total. The summed E-state index contributed by atoms with van der Waals surface area (Å²) in [6, 6.07) is 1.72. The molecule has 2 rings (SSSR count). The summed E-state index contributed by atoms with van der Waals surface area (Å²) in [6.07, 6.45) is 1.10. The molecule has 1 heterocycles. The number of aliphatic hydroxyl groups is 1. The van der Waals surface area contributed by atoms with Gasteiger partial charge in [-0.25, -0.2) is 4.39 Å². The topological polar surface area (TPSA) is 36.0 Å². The Balaban J connectivity index is 2.58. The van der Waals surface area contributed by atoms with E-state index in [1.807, 2.05) is 6.92 Å². The first-order chi connectivity index (χ1) is 5.68. The predicted octanol–water partition coefficient (Wildman–Crippen LogP) is 2.47. The van der Waals surface area contributed by atoms with E-state index in [2.05, 4.69) is 4.98 Å². The van der Waals surface area contributed by atoms with Gasteiger partial charge >= 0.3 is 0 Å². The maximum Gasteiger partial charge on any atom is 0.169 e. The van der Waals surface area contributed by atoms with Crippen LogP contribution in [0.3, 0.4) is 0 Å². The van der Waals surface area contributed by atoms with Gasteiger partial charge in [-0.2, -0.15) is 0 Å². The zero-order valence-corrected chi connectivity index (χ0v) is 6.82. The van der Waals surface area contributed by atoms with Crippen LogP contribution in [0, 0.1) is 6.92 Å². The third-order valence-electron chi connectivity index (χ3n) is 2.14. The van der Waals surface area contributed by atoms with Crippen LogP contribution in [0.15, 0.2) is 11.8 Å². The Morgan fingerprint density at radius 3 is 3.00 bits per heavy atom. The molecule has 0 fully saturated rings. The molecule has 0 radical (unpaired) electrons. The van der Waals surface area contributed by atoms with Crippen LogP contribution >= 0.6 is 0 Å². The second-order valence-electron chi connectivity index (χ2n) is 3.11. The van der Waals surface area contributed by atoms with E-state index in [0.717, 1.165) is 11.4 Å². The molecule has 0 spiro atoms. The van der Waals surface area contributed by atoms with E-state index in [1.54, 1.807) is 6.07 Å². The highest BCUT2D eigenvalue weighted by Gasteiger charge is 2.19. The molecule has 1 aliphatic rings. The third kappa shape index (κ3) is 0.932. The number of fused-ring (bicyclic) bond motifs is 1. The molecule has 0 aromatic carbocycles. The number of aromatic amines is 1. The fourth-order valence-corrected chi connectivity index (χ4v) is 1.55. The highest BCUT2D eigenvalue weighted by atomic mass is 19.1. The van der Waals surface area contributed by atoms with Gasteiger partial charge in [0.05, 0.1) is 0 Å². The maximum atomic E-state index is 13.2. The number of allylic oxidation sites excluding steroid dienone is 1. The van der Waals surface area contributed by atoms with E-state index in [4.69, 9.17) is 5.11 Å². The molecule has 0 bridgehead atoms. The first-order valence-corrected chi connectivity index (χ1v) is 3.95. The molecule has 2 N–H and O–H groups in total. The van der Waals surface area contributed by atoms with Gasteiger partial charge in [0.1, 0.15) is 5.76 Å². The molecule has 64 valence electrons. The summed E-state index contributed by atoms with van der Waals surface area (Å²) < 4.78 is 13.2. The van der Waals surface area contributed by atoms with Crippen molar-refractivity contribution < 1.29 is 9.50 Å². The second-order valence-corrected chi connectivity index (χ2v) is 3.11. The number of hydrogen-bond acceptors (Lipinski definition) is 1. The van der Waals surface area contributed by atoms with E-state index in [9.17, 15) is 4.39 Å². The highest BCUT2D eigenvalue weighted by Crippen LogP contribution is 2.31. The lowest BCUT2D eigenvalue weighted by Crippen LogP contribution is -2.00. The van der Waals surface area contributed by atoms with Crippen molar-refractivity contribution in [2.24, 2.45) is 0 Å². The van der Waals surface area contributed by atoms with Crippen LogP contribution in [0.1, 0.15) is 23.4 Å². The first kappa shape index (κ1) is 7.40. The van der Waals surface area contributed by atoms with Crippen molar-refractivity contribution in [2.75, 3.05) is 0 Å². The number of aryl methyl sites for hydroxylation is 2. The van der Waals surface area contributed by atoms with Gasteiger partial charge in [0.25, 0.3) is 0 Å². The van der Waals surface area contributed by atoms with E-state index >= 15 is 0 Å². The van der Waals surface area contributed by atoms with Gasteiger partial charge < -0.3 is 10.1 Å². The number of nitrogens with one attached hydrogen (secondary N) is 1. The number of aromatic nitrogens is 1. The first-order valence-electron chi connectivity index (χ1n) is 3.95. The Labute approximate surface area is 69.7 Å². The van der Waals surface area contributed by atoms with Crippen LogP contribution in [-0.4, -0.2) is 10.1 Å². The second kappa shape index (κ2) is 2.37. The number of halogens is 1. The zero-order chi connectivity index (χ0) is 8.72. The molecule has 0 saturated carbocycles. The molecular weight excluding hydrogens is 157 g/mol. The van der Waals surface area contributed by atoms with Gasteiger partial charge in [0.15, 0.2) is 5.83 Å². The molecule has 0 saturated heterocycles. The van der Waals surface area contributed by atoms with Gasteiger partial charge in [-0.15, -0.1) is 0 Å². The molecule has 0 unspecified atom stereocenters. The van der Waals surface area contributed by atoms with Crippen molar-refractivity contribution in [1.29, 1.82) is 0 Å². The van der Waals surface area contributed by atoms with Crippen molar-refractivity contribution in [3.05, 3.63) is 28.8 Å². The minimum Gasteiger partial charge on any atom is -0.509 e. The van der Waals surface area contributed by atoms with Crippen LogP contribution in [0.25, 0.3) is 5.83 Å². The van der Waals surface area contributed by atoms with Gasteiger partial charge in [-0.1, -0.05) is 0 Å². The van der Waals surface area contributed by atoms with Crippen LogP contribution in [0.5, 0.6) is 0 Å². The summed E-state index contributed by atoms with van der Waals surface area (Å²) in [6.45, 7) is 1.88. The average molecular weight is 167 g/mol. The van der Waals surface area contributed by atoms with Gasteiger partial charge in [0.2, 0.25) is 0 Å². The molecule has 1 aromatic rings. The van der Waals surface area contributed by atoms with Crippen LogP contribution in [0.4, 0.5) is 4.39 Å². The monoisotopic (exact) mass is 167 g/mol. The average Bonchev–Trinajstić information content (AvgIpc) is 2.39. The molecule has 1 aromatic heterocycles.